The number of amides is 1. The molecule has 3 aromatic carbocycles. The molecule has 156 valence electrons. The van der Waals surface area contributed by atoms with Gasteiger partial charge in [0.25, 0.3) is 0 Å². The molecule has 1 N–H and O–H groups in total. The average Bonchev–Trinajstić information content (AvgIpc) is 3.45. The Labute approximate surface area is 188 Å². The van der Waals surface area contributed by atoms with Crippen LogP contribution >= 0.6 is 0 Å². The van der Waals surface area contributed by atoms with Crippen LogP contribution in [0.4, 0.5) is 5.69 Å². The van der Waals surface area contributed by atoms with Gasteiger partial charge in [0.2, 0.25) is 0 Å². The first kappa shape index (κ1) is 18.5. The molecule has 3 aliphatic rings. The number of carboxylic acids is 1. The van der Waals surface area contributed by atoms with Crippen LogP contribution in [0.3, 0.4) is 0 Å². The topological polar surface area (TPSA) is 85.3 Å². The van der Waals surface area contributed by atoms with Crippen LogP contribution in [0.2, 0.25) is 0 Å². The van der Waals surface area contributed by atoms with Gasteiger partial charge in [-0.05, 0) is 0 Å². The van der Waals surface area contributed by atoms with Crippen molar-refractivity contribution in [2.75, 3.05) is 11.5 Å². The Bertz CT molecular complexity index is 1270. The van der Waals surface area contributed by atoms with Gasteiger partial charge >= 0.3 is 189 Å². The quantitative estimate of drug-likeness (QED) is 0.493. The van der Waals surface area contributed by atoms with Crippen LogP contribution in [0, 0.1) is 0 Å². The van der Waals surface area contributed by atoms with E-state index in [1.807, 2.05) is 30.3 Å². The van der Waals surface area contributed by atoms with Crippen LogP contribution in [-0.2, 0) is 16.8 Å². The second-order valence-corrected chi connectivity index (χ2v) is 8.82. The molecular formula is C23H15INO6-. The van der Waals surface area contributed by atoms with E-state index in [2.05, 4.69) is 0 Å². The summed E-state index contributed by atoms with van der Waals surface area (Å²) in [6.45, 7) is 0.332. The molecule has 1 unspecified atom stereocenters. The summed E-state index contributed by atoms with van der Waals surface area (Å²) in [5, 5.41) is 9.58. The van der Waals surface area contributed by atoms with Crippen molar-refractivity contribution in [3.63, 3.8) is 0 Å². The first-order valence-electron chi connectivity index (χ1n) is 9.62. The van der Waals surface area contributed by atoms with Gasteiger partial charge in [0.15, 0.2) is 0 Å². The maximum absolute atomic E-state index is 14.0. The van der Waals surface area contributed by atoms with E-state index in [9.17, 15) is 14.7 Å². The third-order valence-corrected chi connectivity index (χ3v) is 7.33. The van der Waals surface area contributed by atoms with Gasteiger partial charge in [0.05, 0.1) is 0 Å². The van der Waals surface area contributed by atoms with Crippen LogP contribution in [0.15, 0.2) is 60.7 Å². The number of hydrogen-bond donors (Lipinski definition) is 1. The zero-order valence-corrected chi connectivity index (χ0v) is 18.2. The van der Waals surface area contributed by atoms with Crippen molar-refractivity contribution in [2.24, 2.45) is 0 Å². The standard InChI is InChI=1S/C23H15INO6/c26-21(27)14-6-2-1-5-13(14)11-25-17-8-4-3-7-15(17)23(22(25)28)12-29-18-10-20-19(9-16(18)23)30-24-31-20/h1-10H,11-12H2,(H,26,27)/q-1. The fourth-order valence-corrected chi connectivity index (χ4v) is 5.75. The third kappa shape index (κ3) is 2.51. The van der Waals surface area contributed by atoms with Gasteiger partial charge in [-0.1, -0.05) is 0 Å². The molecule has 0 aliphatic carbocycles. The van der Waals surface area contributed by atoms with Gasteiger partial charge in [-0.15, -0.1) is 0 Å². The molecule has 31 heavy (non-hydrogen) atoms. The Kier molecular flexibility index (Phi) is 3.95. The van der Waals surface area contributed by atoms with Crippen molar-refractivity contribution in [3.05, 3.63) is 82.9 Å². The van der Waals surface area contributed by atoms with Crippen molar-refractivity contribution in [2.45, 2.75) is 12.0 Å². The summed E-state index contributed by atoms with van der Waals surface area (Å²) in [7, 11) is 0. The number of benzene rings is 3. The van der Waals surface area contributed by atoms with Gasteiger partial charge in [-0.25, -0.2) is 0 Å². The van der Waals surface area contributed by atoms with Crippen LogP contribution in [0.1, 0.15) is 27.0 Å². The molecule has 0 radical (unpaired) electrons. The number of halogens is 1. The zero-order valence-electron chi connectivity index (χ0n) is 16.0. The van der Waals surface area contributed by atoms with E-state index < -0.39 is 33.4 Å². The molecule has 7 nitrogen and oxygen atoms in total. The van der Waals surface area contributed by atoms with Crippen LogP contribution in [0.25, 0.3) is 0 Å². The summed E-state index contributed by atoms with van der Waals surface area (Å²) >= 11 is -0.843. The number of rotatable bonds is 3. The Morgan fingerprint density at radius 2 is 1.74 bits per heavy atom. The first-order chi connectivity index (χ1) is 15.1. The van der Waals surface area contributed by atoms with E-state index in [1.54, 1.807) is 35.2 Å². The number of anilines is 1. The number of fused-ring (bicyclic) bond motifs is 5. The van der Waals surface area contributed by atoms with Gasteiger partial charge < -0.3 is 0 Å². The van der Waals surface area contributed by atoms with Crippen molar-refractivity contribution in [3.8, 4) is 17.2 Å². The molecule has 0 fully saturated rings. The Morgan fingerprint density at radius 3 is 2.58 bits per heavy atom. The van der Waals surface area contributed by atoms with Gasteiger partial charge in [-0.2, -0.15) is 0 Å². The second kappa shape index (κ2) is 6.61. The Morgan fingerprint density at radius 1 is 1.00 bits per heavy atom. The van der Waals surface area contributed by atoms with E-state index in [0.717, 1.165) is 16.8 Å². The molecule has 3 aliphatic heterocycles. The predicted octanol–water partition coefficient (Wildman–Crippen LogP) is 0.300. The molecule has 8 heteroatoms. The SMILES string of the molecule is O=C(O)c1ccccc1CN1C(=O)C2(COc3cc4c(cc32)O[I-]O4)c2ccccc21. The number of para-hydroxylation sites is 1. The molecule has 3 heterocycles. The molecule has 1 spiro atoms. The van der Waals surface area contributed by atoms with Crippen molar-refractivity contribution >= 4 is 17.6 Å². The van der Waals surface area contributed by atoms with Crippen LogP contribution in [-0.4, -0.2) is 23.6 Å². The van der Waals surface area contributed by atoms with E-state index in [4.69, 9.17) is 10.9 Å². The number of nitrogens with zero attached hydrogens (tertiary/aromatic N) is 1. The van der Waals surface area contributed by atoms with E-state index in [1.165, 1.54) is 0 Å². The monoisotopic (exact) mass is 528 g/mol. The van der Waals surface area contributed by atoms with E-state index in [0.29, 0.717) is 22.8 Å². The molecule has 3 aromatic rings. The minimum absolute atomic E-state index is 0.138. The number of hydrogen-bond acceptors (Lipinski definition) is 5. The normalized spacial score (nSPS) is 20.3. The maximum atomic E-state index is 14.0. The second-order valence-electron chi connectivity index (χ2n) is 7.58. The summed E-state index contributed by atoms with van der Waals surface area (Å²) in [6.07, 6.45) is 0. The fraction of sp³-hybridized carbons (Fsp3) is 0.130. The first-order valence-corrected chi connectivity index (χ1v) is 11.4. The molecule has 1 amide bonds. The third-order valence-electron chi connectivity index (χ3n) is 6.02. The van der Waals surface area contributed by atoms with Crippen LogP contribution < -0.4 is 37.8 Å². The van der Waals surface area contributed by atoms with Gasteiger partial charge in [0.1, 0.15) is 0 Å². The summed E-state index contributed by atoms with van der Waals surface area (Å²) < 4.78 is 17.2. The van der Waals surface area contributed by atoms with Crippen molar-refractivity contribution in [1.82, 2.24) is 0 Å². The van der Waals surface area contributed by atoms with Crippen molar-refractivity contribution < 1.29 is 47.6 Å². The summed E-state index contributed by atoms with van der Waals surface area (Å²) in [5.74, 6) is 0.743. The summed E-state index contributed by atoms with van der Waals surface area (Å²) in [6, 6.07) is 18.0. The number of carboxylic acid groups (broad SMARTS) is 1. The van der Waals surface area contributed by atoms with Gasteiger partial charge in [-0.3, -0.25) is 0 Å². The molecule has 6 rings (SSSR count). The summed E-state index contributed by atoms with van der Waals surface area (Å²) in [5.41, 5.74) is 2.12. The zero-order chi connectivity index (χ0) is 21.2. The van der Waals surface area contributed by atoms with E-state index >= 15 is 0 Å². The van der Waals surface area contributed by atoms with Crippen LogP contribution in [0.5, 0.6) is 17.2 Å². The molecule has 0 bridgehead atoms. The fourth-order valence-electron chi connectivity index (χ4n) is 4.58. The van der Waals surface area contributed by atoms with E-state index in [-0.39, 0.29) is 24.6 Å². The number of aromatic carboxylic acids is 1. The molecular weight excluding hydrogens is 513 g/mol. The number of carbonyl (C=O) groups is 2. The average molecular weight is 528 g/mol. The van der Waals surface area contributed by atoms with Crippen molar-refractivity contribution in [1.29, 1.82) is 0 Å². The molecule has 0 saturated heterocycles. The molecule has 0 saturated carbocycles. The number of ether oxygens (including phenoxy) is 1. The number of carbonyl (C=O) groups excluding carboxylic acids is 1. The van der Waals surface area contributed by atoms with Gasteiger partial charge in [0, 0.05) is 0 Å². The molecule has 1 atom stereocenters. The Hall–Kier alpha value is -3.27. The summed E-state index contributed by atoms with van der Waals surface area (Å²) in [4.78, 5) is 27.3. The minimum atomic E-state index is -1.02. The molecule has 0 aromatic heterocycles. The predicted molar refractivity (Wildman–Crippen MR) is 105 cm³/mol. The Balaban J connectivity index is 1.50.